The smallest absolute Gasteiger partial charge is 0.317 e. The van der Waals surface area contributed by atoms with Gasteiger partial charge in [-0.3, -0.25) is 4.79 Å². The Morgan fingerprint density at radius 3 is 2.74 bits per heavy atom. The molecule has 1 rings (SSSR count). The first-order chi connectivity index (χ1) is 8.91. The van der Waals surface area contributed by atoms with Crippen LogP contribution < -0.4 is 5.32 Å². The lowest BCUT2D eigenvalue weighted by Gasteiger charge is -2.23. The van der Waals surface area contributed by atoms with Gasteiger partial charge in [0.05, 0.1) is 0 Å². The van der Waals surface area contributed by atoms with E-state index >= 15 is 0 Å². The highest BCUT2D eigenvalue weighted by Gasteiger charge is 2.25. The summed E-state index contributed by atoms with van der Waals surface area (Å²) in [5, 5.41) is 11.4. The molecule has 0 bridgehead atoms. The Kier molecular flexibility index (Phi) is 6.48. The van der Waals surface area contributed by atoms with E-state index in [1.54, 1.807) is 0 Å². The summed E-state index contributed by atoms with van der Waals surface area (Å²) in [5.74, 6) is 0.192. The van der Waals surface area contributed by atoms with E-state index in [2.05, 4.69) is 19.2 Å². The molecule has 0 aromatic rings. The van der Waals surface area contributed by atoms with E-state index in [4.69, 9.17) is 5.11 Å². The van der Waals surface area contributed by atoms with Crippen LogP contribution in [-0.4, -0.2) is 52.1 Å². The summed E-state index contributed by atoms with van der Waals surface area (Å²) in [6.45, 7) is 6.56. The van der Waals surface area contributed by atoms with Crippen molar-refractivity contribution in [1.29, 1.82) is 0 Å². The first-order valence-corrected chi connectivity index (χ1v) is 7.78. The number of rotatable bonds is 5. The molecule has 0 aliphatic carbocycles. The van der Waals surface area contributed by atoms with Gasteiger partial charge in [-0.05, 0) is 19.3 Å². The van der Waals surface area contributed by atoms with Gasteiger partial charge >= 0.3 is 12.0 Å². The number of carbonyl (C=O) groups is 2. The maximum atomic E-state index is 11.9. The summed E-state index contributed by atoms with van der Waals surface area (Å²) in [6, 6.07) is -0.0198. The minimum Gasteiger partial charge on any atom is -0.481 e. The van der Waals surface area contributed by atoms with Crippen LogP contribution in [0, 0.1) is 0 Å². The first-order valence-electron chi connectivity index (χ1n) is 6.79. The lowest BCUT2D eigenvalue weighted by Crippen LogP contribution is -2.41. The number of nitrogens with zero attached hydrogens (tertiary/aromatic N) is 1. The van der Waals surface area contributed by atoms with Crippen molar-refractivity contribution in [2.45, 2.75) is 44.3 Å². The lowest BCUT2D eigenvalue weighted by molar-refractivity contribution is -0.137. The fourth-order valence-electron chi connectivity index (χ4n) is 1.93. The number of unbranched alkanes of at least 4 members (excludes halogenated alkanes) is 1. The lowest BCUT2D eigenvalue weighted by atomic mass is 10.1. The molecule has 19 heavy (non-hydrogen) atoms. The van der Waals surface area contributed by atoms with E-state index in [9.17, 15) is 9.59 Å². The van der Waals surface area contributed by atoms with Crippen LogP contribution in [0.2, 0.25) is 0 Å². The van der Waals surface area contributed by atoms with Crippen LogP contribution in [-0.2, 0) is 4.79 Å². The number of hydrogen-bond acceptors (Lipinski definition) is 3. The van der Waals surface area contributed by atoms with Gasteiger partial charge < -0.3 is 15.3 Å². The topological polar surface area (TPSA) is 69.6 Å². The predicted molar refractivity (Wildman–Crippen MR) is 77.6 cm³/mol. The molecule has 0 atom stereocenters. The molecule has 1 fully saturated rings. The number of carboxylic acids is 1. The highest BCUT2D eigenvalue weighted by molar-refractivity contribution is 8.00. The van der Waals surface area contributed by atoms with Crippen LogP contribution >= 0.6 is 11.8 Å². The summed E-state index contributed by atoms with van der Waals surface area (Å²) in [4.78, 5) is 24.2. The van der Waals surface area contributed by atoms with Gasteiger partial charge in [0.1, 0.15) is 0 Å². The molecule has 1 aliphatic rings. The molecule has 2 amide bonds. The average Bonchev–Trinajstić information content (AvgIpc) is 2.49. The standard InChI is InChI=1S/C13H24N2O3S/c1-13(2)6-8-15(9-10-19-13)12(18)14-7-4-3-5-11(16)17/h3-10H2,1-2H3,(H,14,18)(H,16,17). The fourth-order valence-corrected chi connectivity index (χ4v) is 3.03. The van der Waals surface area contributed by atoms with Crippen molar-refractivity contribution in [1.82, 2.24) is 10.2 Å². The molecule has 6 heteroatoms. The molecule has 1 heterocycles. The Labute approximate surface area is 119 Å². The Bertz CT molecular complexity index is 321. The van der Waals surface area contributed by atoms with Gasteiger partial charge in [0.25, 0.3) is 0 Å². The van der Waals surface area contributed by atoms with Crippen molar-refractivity contribution < 1.29 is 14.7 Å². The average molecular weight is 288 g/mol. The zero-order valence-electron chi connectivity index (χ0n) is 11.8. The van der Waals surface area contributed by atoms with Crippen LogP contribution in [0.1, 0.15) is 39.5 Å². The minimum atomic E-state index is -0.780. The van der Waals surface area contributed by atoms with Crippen molar-refractivity contribution in [2.24, 2.45) is 0 Å². The quantitative estimate of drug-likeness (QED) is 0.761. The third-order valence-electron chi connectivity index (χ3n) is 3.22. The Balaban J connectivity index is 2.20. The van der Waals surface area contributed by atoms with E-state index in [-0.39, 0.29) is 17.2 Å². The number of carboxylic acid groups (broad SMARTS) is 1. The number of aliphatic carboxylic acids is 1. The summed E-state index contributed by atoms with van der Waals surface area (Å²) in [6.07, 6.45) is 2.50. The van der Waals surface area contributed by atoms with E-state index in [0.29, 0.717) is 19.4 Å². The van der Waals surface area contributed by atoms with E-state index in [1.165, 1.54) is 0 Å². The molecular weight excluding hydrogens is 264 g/mol. The molecule has 0 aromatic heterocycles. The monoisotopic (exact) mass is 288 g/mol. The van der Waals surface area contributed by atoms with Gasteiger partial charge in [0, 0.05) is 36.6 Å². The predicted octanol–water partition coefficient (Wildman–Crippen LogP) is 2.17. The molecule has 1 saturated heterocycles. The van der Waals surface area contributed by atoms with Gasteiger partial charge in [-0.2, -0.15) is 11.8 Å². The van der Waals surface area contributed by atoms with Crippen LogP contribution in [0.3, 0.4) is 0 Å². The van der Waals surface area contributed by atoms with Crippen molar-refractivity contribution in [3.63, 3.8) is 0 Å². The number of nitrogens with one attached hydrogen (secondary N) is 1. The third kappa shape index (κ3) is 6.71. The van der Waals surface area contributed by atoms with Crippen molar-refractivity contribution in [3.05, 3.63) is 0 Å². The maximum absolute atomic E-state index is 11.9. The summed E-state index contributed by atoms with van der Waals surface area (Å²) in [5.41, 5.74) is 0. The molecule has 110 valence electrons. The molecule has 1 aliphatic heterocycles. The van der Waals surface area contributed by atoms with E-state index in [0.717, 1.165) is 25.3 Å². The largest absolute Gasteiger partial charge is 0.481 e. The van der Waals surface area contributed by atoms with Gasteiger partial charge in [-0.25, -0.2) is 4.79 Å². The highest BCUT2D eigenvalue weighted by Crippen LogP contribution is 2.30. The van der Waals surface area contributed by atoms with Crippen LogP contribution in [0.5, 0.6) is 0 Å². The summed E-state index contributed by atoms with van der Waals surface area (Å²) >= 11 is 1.91. The zero-order valence-corrected chi connectivity index (χ0v) is 12.6. The van der Waals surface area contributed by atoms with Crippen molar-refractivity contribution in [2.75, 3.05) is 25.4 Å². The van der Waals surface area contributed by atoms with Crippen LogP contribution in [0.4, 0.5) is 4.79 Å². The fraction of sp³-hybridized carbons (Fsp3) is 0.846. The van der Waals surface area contributed by atoms with Gasteiger partial charge in [-0.1, -0.05) is 13.8 Å². The molecule has 2 N–H and O–H groups in total. The number of hydrogen-bond donors (Lipinski definition) is 2. The van der Waals surface area contributed by atoms with Gasteiger partial charge in [-0.15, -0.1) is 0 Å². The minimum absolute atomic E-state index is 0.0198. The SMILES string of the molecule is CC1(C)CCN(C(=O)NCCCCC(=O)O)CCS1. The number of urea groups is 1. The van der Waals surface area contributed by atoms with E-state index < -0.39 is 5.97 Å². The summed E-state index contributed by atoms with van der Waals surface area (Å²) in [7, 11) is 0. The highest BCUT2D eigenvalue weighted by atomic mass is 32.2. The molecule has 0 radical (unpaired) electrons. The maximum Gasteiger partial charge on any atom is 0.317 e. The van der Waals surface area contributed by atoms with Crippen LogP contribution in [0.25, 0.3) is 0 Å². The normalized spacial score (nSPS) is 18.7. The second kappa shape index (κ2) is 7.62. The van der Waals surface area contributed by atoms with Crippen LogP contribution in [0.15, 0.2) is 0 Å². The molecule has 5 nitrogen and oxygen atoms in total. The van der Waals surface area contributed by atoms with Crippen molar-refractivity contribution >= 4 is 23.8 Å². The Morgan fingerprint density at radius 2 is 2.05 bits per heavy atom. The molecule has 0 saturated carbocycles. The molecular formula is C13H24N2O3S. The van der Waals surface area contributed by atoms with Gasteiger partial charge in [0.2, 0.25) is 0 Å². The molecule has 0 unspecified atom stereocenters. The molecule has 0 aromatic carbocycles. The Hall–Kier alpha value is -0.910. The third-order valence-corrected chi connectivity index (χ3v) is 4.59. The van der Waals surface area contributed by atoms with Gasteiger partial charge in [0.15, 0.2) is 0 Å². The van der Waals surface area contributed by atoms with E-state index in [1.807, 2.05) is 16.7 Å². The molecule has 0 spiro atoms. The van der Waals surface area contributed by atoms with Crippen molar-refractivity contribution in [3.8, 4) is 0 Å². The number of thioether (sulfide) groups is 1. The second-order valence-corrected chi connectivity index (χ2v) is 7.23. The summed E-state index contributed by atoms with van der Waals surface area (Å²) < 4.78 is 0.247. The zero-order chi connectivity index (χ0) is 14.3. The number of amides is 2. The first kappa shape index (κ1) is 16.1. The second-order valence-electron chi connectivity index (χ2n) is 5.43. The Morgan fingerprint density at radius 1 is 1.32 bits per heavy atom. The number of carbonyl (C=O) groups excluding carboxylic acids is 1.